The first-order valence-corrected chi connectivity index (χ1v) is 14.5. The Morgan fingerprint density at radius 3 is 1.85 bits per heavy atom. The molecule has 4 aromatic carbocycles. The van der Waals surface area contributed by atoms with Gasteiger partial charge in [-0.1, -0.05) is 18.2 Å². The largest absolute Gasteiger partial charge is 0.497 e. The van der Waals surface area contributed by atoms with Gasteiger partial charge in [-0.25, -0.2) is 0 Å². The first kappa shape index (κ1) is 30.2. The lowest BCUT2D eigenvalue weighted by atomic mass is 9.95. The summed E-state index contributed by atoms with van der Waals surface area (Å²) in [6, 6.07) is 24.8. The Bertz CT molecular complexity index is 2040. The van der Waals surface area contributed by atoms with E-state index >= 15 is 0 Å². The number of nitrogens with zero attached hydrogens (tertiary/aromatic N) is 1. The number of nitrogens with one attached hydrogen (secondary N) is 1. The second kappa shape index (κ2) is 12.6. The molecule has 0 atom stereocenters. The van der Waals surface area contributed by atoms with Crippen molar-refractivity contribution < 1.29 is 33.2 Å². The molecule has 9 nitrogen and oxygen atoms in total. The van der Waals surface area contributed by atoms with Gasteiger partial charge in [0.15, 0.2) is 23.0 Å². The maximum atomic E-state index is 13.1. The van der Waals surface area contributed by atoms with E-state index in [0.717, 1.165) is 38.5 Å². The van der Waals surface area contributed by atoms with Crippen LogP contribution in [0.1, 0.15) is 10.4 Å². The van der Waals surface area contributed by atoms with E-state index in [9.17, 15) is 4.79 Å². The quantitative estimate of drug-likeness (QED) is 0.168. The molecule has 0 spiro atoms. The molecule has 0 unspecified atom stereocenters. The molecule has 234 valence electrons. The minimum absolute atomic E-state index is 0.276. The summed E-state index contributed by atoms with van der Waals surface area (Å²) in [5, 5.41) is 4.97. The molecule has 0 fully saturated rings. The fraction of sp³-hybridized carbons (Fsp3) is 0.162. The predicted octanol–water partition coefficient (Wildman–Crippen LogP) is 7.73. The van der Waals surface area contributed by atoms with Crippen LogP contribution in [0.4, 0.5) is 5.69 Å². The van der Waals surface area contributed by atoms with Crippen LogP contribution in [0.25, 0.3) is 38.5 Å². The smallest absolute Gasteiger partial charge is 0.255 e. The van der Waals surface area contributed by atoms with Gasteiger partial charge in [-0.2, -0.15) is 0 Å². The highest BCUT2D eigenvalue weighted by atomic mass is 16.5. The second-order valence-corrected chi connectivity index (χ2v) is 10.5. The monoisotopic (exact) mass is 618 g/mol. The van der Waals surface area contributed by atoms with Gasteiger partial charge in [0.2, 0.25) is 0 Å². The lowest BCUT2D eigenvalue weighted by Gasteiger charge is -2.14. The number of hydrogen-bond acceptors (Lipinski definition) is 7. The first-order chi connectivity index (χ1) is 22.4. The summed E-state index contributed by atoms with van der Waals surface area (Å²) in [5.41, 5.74) is 5.96. The van der Waals surface area contributed by atoms with Gasteiger partial charge in [0.25, 0.3) is 5.91 Å². The lowest BCUT2D eigenvalue weighted by Crippen LogP contribution is -2.12. The molecule has 0 bridgehead atoms. The number of ether oxygens (including phenoxy) is 6. The minimum Gasteiger partial charge on any atom is -0.497 e. The van der Waals surface area contributed by atoms with Crippen molar-refractivity contribution in [3.8, 4) is 56.8 Å². The van der Waals surface area contributed by atoms with E-state index in [-0.39, 0.29) is 5.91 Å². The number of anilines is 1. The number of carbonyl (C=O) groups excluding carboxylic acids is 1. The molecule has 1 N–H and O–H groups in total. The summed E-state index contributed by atoms with van der Waals surface area (Å²) in [6.07, 6.45) is 4.14. The highest BCUT2D eigenvalue weighted by molar-refractivity contribution is 6.09. The number of amides is 1. The Balaban J connectivity index is 1.47. The molecule has 2 aromatic heterocycles. The van der Waals surface area contributed by atoms with Gasteiger partial charge in [-0.3, -0.25) is 4.79 Å². The number of carbonyl (C=O) groups is 1. The molecule has 1 amide bonds. The summed E-state index contributed by atoms with van der Waals surface area (Å²) < 4.78 is 35.2. The zero-order valence-electron chi connectivity index (χ0n) is 26.5. The number of rotatable bonds is 10. The van der Waals surface area contributed by atoms with E-state index < -0.39 is 0 Å². The number of fused-ring (bicyclic) bond motifs is 3. The molecule has 0 aliphatic carbocycles. The van der Waals surface area contributed by atoms with Crippen LogP contribution in [0.15, 0.2) is 91.3 Å². The number of methoxy groups -OCH3 is 6. The van der Waals surface area contributed by atoms with E-state index in [1.54, 1.807) is 60.9 Å². The minimum atomic E-state index is -0.276. The molecule has 0 radical (unpaired) electrons. The van der Waals surface area contributed by atoms with Crippen LogP contribution in [0.3, 0.4) is 0 Å². The summed E-state index contributed by atoms with van der Waals surface area (Å²) >= 11 is 0. The van der Waals surface area contributed by atoms with Crippen LogP contribution in [-0.4, -0.2) is 53.0 Å². The maximum Gasteiger partial charge on any atom is 0.255 e. The summed E-state index contributed by atoms with van der Waals surface area (Å²) in [7, 11) is 9.61. The standard InChI is InChI=1S/C37H34N2O7/c1-41-27-15-25(16-28(19-27)42-2)37(40)38-26-10-7-22(8-11-26)30-21-39-14-13-23-17-33(45-5)34(46-6)20-29(23)36(39)35(30)24-9-12-31(43-3)32(18-24)44-4/h7-21H,1-6H3,(H,38,40). The van der Waals surface area contributed by atoms with Gasteiger partial charge in [0.05, 0.1) is 48.2 Å². The molecule has 2 heterocycles. The maximum absolute atomic E-state index is 13.1. The molecule has 46 heavy (non-hydrogen) atoms. The van der Waals surface area contributed by atoms with Gasteiger partial charge < -0.3 is 38.1 Å². The molecule has 6 aromatic rings. The van der Waals surface area contributed by atoms with Crippen molar-refractivity contribution in [2.75, 3.05) is 48.0 Å². The van der Waals surface area contributed by atoms with Crippen molar-refractivity contribution in [2.45, 2.75) is 0 Å². The SMILES string of the molecule is COc1cc(OC)cc(C(=O)Nc2ccc(-c3cn4ccc5cc(OC)c(OC)cc5c4c3-c3ccc(OC)c(OC)c3)cc2)c1. The molecule has 6 rings (SSSR count). The molecule has 9 heteroatoms. The molecule has 0 aliphatic rings. The van der Waals surface area contributed by atoms with Gasteiger partial charge in [-0.15, -0.1) is 0 Å². The zero-order valence-corrected chi connectivity index (χ0v) is 26.5. The van der Waals surface area contributed by atoms with E-state index in [1.165, 1.54) is 0 Å². The first-order valence-electron chi connectivity index (χ1n) is 14.5. The summed E-state index contributed by atoms with van der Waals surface area (Å²) in [6.45, 7) is 0. The predicted molar refractivity (Wildman–Crippen MR) is 179 cm³/mol. The topological polar surface area (TPSA) is 88.9 Å². The van der Waals surface area contributed by atoms with E-state index in [2.05, 4.69) is 22.0 Å². The second-order valence-electron chi connectivity index (χ2n) is 10.5. The van der Waals surface area contributed by atoms with Crippen molar-refractivity contribution in [3.05, 3.63) is 96.8 Å². The van der Waals surface area contributed by atoms with Gasteiger partial charge >= 0.3 is 0 Å². The van der Waals surface area contributed by atoms with Crippen molar-refractivity contribution in [3.63, 3.8) is 0 Å². The highest BCUT2D eigenvalue weighted by Gasteiger charge is 2.20. The average Bonchev–Trinajstić information content (AvgIpc) is 3.50. The molecular weight excluding hydrogens is 584 g/mol. The normalized spacial score (nSPS) is 10.9. The third kappa shape index (κ3) is 5.47. The van der Waals surface area contributed by atoms with E-state index in [1.807, 2.05) is 60.8 Å². The fourth-order valence-electron chi connectivity index (χ4n) is 5.69. The van der Waals surface area contributed by atoms with Crippen molar-refractivity contribution in [1.29, 1.82) is 0 Å². The Hall–Kier alpha value is -5.83. The Morgan fingerprint density at radius 1 is 0.609 bits per heavy atom. The molecular formula is C37H34N2O7. The molecule has 0 aliphatic heterocycles. The van der Waals surface area contributed by atoms with Crippen LogP contribution in [0.2, 0.25) is 0 Å². The summed E-state index contributed by atoms with van der Waals surface area (Å²) in [5.74, 6) is 3.35. The van der Waals surface area contributed by atoms with Gasteiger partial charge in [0.1, 0.15) is 11.5 Å². The van der Waals surface area contributed by atoms with Crippen LogP contribution in [-0.2, 0) is 0 Å². The van der Waals surface area contributed by atoms with Gasteiger partial charge in [-0.05, 0) is 71.1 Å². The molecule has 0 saturated carbocycles. The van der Waals surface area contributed by atoms with Crippen molar-refractivity contribution >= 4 is 27.9 Å². The Labute approximate surface area is 266 Å². The Kier molecular flexibility index (Phi) is 8.31. The van der Waals surface area contributed by atoms with Crippen molar-refractivity contribution in [2.24, 2.45) is 0 Å². The van der Waals surface area contributed by atoms with Crippen LogP contribution >= 0.6 is 0 Å². The average molecular weight is 619 g/mol. The van der Waals surface area contributed by atoms with Crippen LogP contribution < -0.4 is 33.7 Å². The van der Waals surface area contributed by atoms with Crippen molar-refractivity contribution in [1.82, 2.24) is 4.40 Å². The third-order valence-corrected chi connectivity index (χ3v) is 8.00. The lowest BCUT2D eigenvalue weighted by molar-refractivity contribution is 0.102. The summed E-state index contributed by atoms with van der Waals surface area (Å²) in [4.78, 5) is 13.1. The van der Waals surface area contributed by atoms with E-state index in [0.29, 0.717) is 45.7 Å². The van der Waals surface area contributed by atoms with E-state index in [4.69, 9.17) is 28.4 Å². The number of aromatic nitrogens is 1. The highest BCUT2D eigenvalue weighted by Crippen LogP contribution is 2.44. The van der Waals surface area contributed by atoms with Crippen LogP contribution in [0.5, 0.6) is 34.5 Å². The number of benzene rings is 4. The van der Waals surface area contributed by atoms with Crippen LogP contribution in [0, 0.1) is 0 Å². The Morgan fingerprint density at radius 2 is 1.22 bits per heavy atom. The fourth-order valence-corrected chi connectivity index (χ4v) is 5.69. The molecule has 0 saturated heterocycles. The number of pyridine rings is 1. The third-order valence-electron chi connectivity index (χ3n) is 8.00. The zero-order chi connectivity index (χ0) is 32.4. The van der Waals surface area contributed by atoms with Gasteiger partial charge in [0, 0.05) is 46.2 Å². The number of hydrogen-bond donors (Lipinski definition) is 1.